The van der Waals surface area contributed by atoms with E-state index in [0.717, 1.165) is 17.0 Å². The van der Waals surface area contributed by atoms with Gasteiger partial charge in [0.05, 0.1) is 31.9 Å². The van der Waals surface area contributed by atoms with Crippen LogP contribution in [0.5, 0.6) is 0 Å². The maximum Gasteiger partial charge on any atom is 0.414 e. The largest absolute Gasteiger partial charge is 0.442 e. The number of alkyl halides is 2. The number of anilines is 2. The average Bonchev–Trinajstić information content (AvgIpc) is 2.95. The summed E-state index contributed by atoms with van der Waals surface area (Å²) >= 11 is 4.98. The third-order valence-electron chi connectivity index (χ3n) is 4.74. The molecular formula is C17H20F4N6O4S. The lowest BCUT2D eigenvalue weighted by Crippen LogP contribution is -2.44. The molecule has 1 atom stereocenters. The van der Waals surface area contributed by atoms with E-state index < -0.39 is 36.2 Å². The molecule has 0 aromatic heterocycles. The summed E-state index contributed by atoms with van der Waals surface area (Å²) in [4.78, 5) is 30.8. The van der Waals surface area contributed by atoms with E-state index in [4.69, 9.17) is 27.6 Å². The molecule has 176 valence electrons. The first kappa shape index (κ1) is 23.7. The fourth-order valence-electron chi connectivity index (χ4n) is 3.25. The molecule has 1 aromatic rings. The van der Waals surface area contributed by atoms with Crippen LogP contribution in [0, 0.1) is 11.6 Å². The van der Waals surface area contributed by atoms with Crippen molar-refractivity contribution in [3.05, 3.63) is 23.8 Å². The maximum atomic E-state index is 14.9. The molecule has 4 N–H and O–H groups in total. The molecular weight excluding hydrogens is 460 g/mol. The van der Waals surface area contributed by atoms with Gasteiger partial charge in [-0.25, -0.2) is 24.5 Å². The molecule has 2 amide bonds. The molecule has 0 radical (unpaired) electrons. The second-order valence-corrected chi connectivity index (χ2v) is 7.18. The Kier molecular flexibility index (Phi) is 7.52. The van der Waals surface area contributed by atoms with E-state index in [1.165, 1.54) is 9.96 Å². The summed E-state index contributed by atoms with van der Waals surface area (Å²) in [6.45, 7) is 0.0666. The number of hydrogen-bond acceptors (Lipinski definition) is 7. The number of carbonyl (C=O) groups excluding carboxylic acids is 2. The highest BCUT2D eigenvalue weighted by Crippen LogP contribution is 2.31. The van der Waals surface area contributed by atoms with Gasteiger partial charge >= 0.3 is 12.5 Å². The zero-order valence-electron chi connectivity index (χ0n) is 16.5. The number of nitrogens with zero attached hydrogens (tertiary/aromatic N) is 3. The lowest BCUT2D eigenvalue weighted by atomic mass is 10.2. The third-order valence-corrected chi connectivity index (χ3v) is 5.06. The number of amides is 2. The summed E-state index contributed by atoms with van der Waals surface area (Å²) in [5.41, 5.74) is 1.84. The number of hydroxylamine groups is 2. The second-order valence-electron chi connectivity index (χ2n) is 6.79. The van der Waals surface area contributed by atoms with Gasteiger partial charge in [0.1, 0.15) is 11.8 Å². The molecule has 2 aliphatic rings. The highest BCUT2D eigenvalue weighted by Gasteiger charge is 2.34. The van der Waals surface area contributed by atoms with Crippen LogP contribution >= 0.6 is 12.2 Å². The van der Waals surface area contributed by atoms with Gasteiger partial charge in [-0.3, -0.25) is 20.0 Å². The van der Waals surface area contributed by atoms with Crippen LogP contribution in [-0.4, -0.2) is 74.0 Å². The minimum Gasteiger partial charge on any atom is -0.442 e. The van der Waals surface area contributed by atoms with Crippen molar-refractivity contribution in [3.63, 3.8) is 0 Å². The van der Waals surface area contributed by atoms with Gasteiger partial charge < -0.3 is 15.0 Å². The summed E-state index contributed by atoms with van der Waals surface area (Å²) in [6.07, 6.45) is -5.09. The van der Waals surface area contributed by atoms with Crippen molar-refractivity contribution in [1.82, 2.24) is 15.8 Å². The van der Waals surface area contributed by atoms with Gasteiger partial charge in [0.2, 0.25) is 5.11 Å². The van der Waals surface area contributed by atoms with Crippen molar-refractivity contribution in [2.24, 2.45) is 5.84 Å². The van der Waals surface area contributed by atoms with Crippen molar-refractivity contribution in [2.45, 2.75) is 12.5 Å². The number of halogens is 4. The molecule has 3 rings (SSSR count). The number of cyclic esters (lactones) is 1. The number of nitrogens with one attached hydrogen (secondary N) is 2. The Hall–Kier alpha value is -2.91. The minimum absolute atomic E-state index is 0.0902. The SMILES string of the molecule is NNC(=S)N1CCN(c2c(F)cc(N3C[C@H](CNC(=O)C(F)F)OC3=O)cc2F)CCO1. The second kappa shape index (κ2) is 10.1. The number of hydrazine groups is 1. The third kappa shape index (κ3) is 5.28. The number of benzene rings is 1. The van der Waals surface area contributed by atoms with Gasteiger partial charge in [-0.2, -0.15) is 8.78 Å². The molecule has 0 aliphatic carbocycles. The van der Waals surface area contributed by atoms with E-state index in [1.54, 1.807) is 0 Å². The molecule has 2 fully saturated rings. The molecule has 10 nitrogen and oxygen atoms in total. The molecule has 2 aliphatic heterocycles. The van der Waals surface area contributed by atoms with Crippen LogP contribution in [0.4, 0.5) is 33.7 Å². The molecule has 0 bridgehead atoms. The molecule has 15 heteroatoms. The van der Waals surface area contributed by atoms with E-state index in [2.05, 4.69) is 5.43 Å². The summed E-state index contributed by atoms with van der Waals surface area (Å²) in [6, 6.07) is 1.94. The van der Waals surface area contributed by atoms with E-state index in [9.17, 15) is 27.2 Å². The quantitative estimate of drug-likeness (QED) is 0.240. The number of hydrogen-bond donors (Lipinski definition) is 3. The monoisotopic (exact) mass is 480 g/mol. The lowest BCUT2D eigenvalue weighted by molar-refractivity contribution is -0.132. The Balaban J connectivity index is 1.70. The van der Waals surface area contributed by atoms with Crippen LogP contribution in [0.15, 0.2) is 12.1 Å². The lowest BCUT2D eigenvalue weighted by Gasteiger charge is -2.24. The maximum absolute atomic E-state index is 14.9. The van der Waals surface area contributed by atoms with E-state index in [0.29, 0.717) is 0 Å². The fraction of sp³-hybridized carbons (Fsp3) is 0.471. The summed E-state index contributed by atoms with van der Waals surface area (Å²) in [5.74, 6) is 1.90. The van der Waals surface area contributed by atoms with Crippen molar-refractivity contribution in [1.29, 1.82) is 0 Å². The Bertz CT molecular complexity index is 872. The predicted octanol–water partition coefficient (Wildman–Crippen LogP) is 0.473. The van der Waals surface area contributed by atoms with Crippen LogP contribution in [0.3, 0.4) is 0 Å². The van der Waals surface area contributed by atoms with Crippen molar-refractivity contribution >= 4 is 40.7 Å². The summed E-state index contributed by atoms with van der Waals surface area (Å²) in [5, 5.41) is 3.35. The molecule has 2 heterocycles. The topological polar surface area (TPSA) is 112 Å². The first-order chi connectivity index (χ1) is 15.2. The zero-order chi connectivity index (χ0) is 23.4. The van der Waals surface area contributed by atoms with Crippen LogP contribution in [-0.2, 0) is 14.4 Å². The van der Waals surface area contributed by atoms with Crippen LogP contribution in [0.2, 0.25) is 0 Å². The Morgan fingerprint density at radius 1 is 1.25 bits per heavy atom. The molecule has 2 saturated heterocycles. The summed E-state index contributed by atoms with van der Waals surface area (Å²) in [7, 11) is 0. The van der Waals surface area contributed by atoms with Crippen LogP contribution in [0.1, 0.15) is 0 Å². The molecule has 0 saturated carbocycles. The van der Waals surface area contributed by atoms with E-state index in [1.807, 2.05) is 5.32 Å². The van der Waals surface area contributed by atoms with Gasteiger partial charge in [0.25, 0.3) is 5.91 Å². The molecule has 0 spiro atoms. The number of thiocarbonyl (C=S) groups is 1. The van der Waals surface area contributed by atoms with Crippen molar-refractivity contribution < 1.29 is 36.7 Å². The minimum atomic E-state index is -3.21. The van der Waals surface area contributed by atoms with Crippen molar-refractivity contribution in [3.8, 4) is 0 Å². The smallest absolute Gasteiger partial charge is 0.414 e. The van der Waals surface area contributed by atoms with Gasteiger partial charge in [-0.15, -0.1) is 0 Å². The van der Waals surface area contributed by atoms with E-state index in [-0.39, 0.29) is 55.8 Å². The molecule has 0 unspecified atom stereocenters. The van der Waals surface area contributed by atoms with Gasteiger partial charge in [-0.05, 0) is 12.2 Å². The van der Waals surface area contributed by atoms with Gasteiger partial charge in [-0.1, -0.05) is 0 Å². The Morgan fingerprint density at radius 3 is 2.56 bits per heavy atom. The highest BCUT2D eigenvalue weighted by molar-refractivity contribution is 7.80. The number of nitrogens with two attached hydrogens (primary N) is 1. The number of rotatable bonds is 5. The van der Waals surface area contributed by atoms with Crippen molar-refractivity contribution in [2.75, 3.05) is 49.1 Å². The first-order valence-electron chi connectivity index (χ1n) is 9.40. The normalized spacial score (nSPS) is 19.1. The standard InChI is InChI=1S/C17H20F4N6O4S/c18-11-5-9(26-8-10(31-17(26)29)7-23-15(28)14(20)21)6-12(19)13(11)25-1-2-27(16(32)24-22)30-4-3-25/h5-6,10,14H,1-4,7-8,22H2,(H,23,28)(H,24,32)/t10-/m0/s1. The fourth-order valence-corrected chi connectivity index (χ4v) is 3.39. The Labute approximate surface area is 185 Å². The van der Waals surface area contributed by atoms with Gasteiger partial charge in [0.15, 0.2) is 11.6 Å². The predicted molar refractivity (Wildman–Crippen MR) is 108 cm³/mol. The van der Waals surface area contributed by atoms with Crippen LogP contribution in [0.25, 0.3) is 0 Å². The van der Waals surface area contributed by atoms with E-state index >= 15 is 0 Å². The summed E-state index contributed by atoms with van der Waals surface area (Å²) < 4.78 is 59.2. The van der Waals surface area contributed by atoms with Crippen LogP contribution < -0.4 is 26.4 Å². The first-order valence-corrected chi connectivity index (χ1v) is 9.81. The molecule has 32 heavy (non-hydrogen) atoms. The Morgan fingerprint density at radius 2 is 1.94 bits per heavy atom. The highest BCUT2D eigenvalue weighted by atomic mass is 32.1. The van der Waals surface area contributed by atoms with Gasteiger partial charge in [0, 0.05) is 25.2 Å². The average molecular weight is 480 g/mol. The number of ether oxygens (including phenoxy) is 1. The molecule has 1 aromatic carbocycles. The zero-order valence-corrected chi connectivity index (χ0v) is 17.3. The number of carbonyl (C=O) groups is 2.